The maximum atomic E-state index is 12.7. The molecule has 8 heteroatoms. The van der Waals surface area contributed by atoms with Gasteiger partial charge in [0.15, 0.2) is 0 Å². The monoisotopic (exact) mass is 414 g/mol. The summed E-state index contributed by atoms with van der Waals surface area (Å²) >= 11 is 6.00. The SMILES string of the molecule is CC(C)NC(=O)Nc1cccc(NC(=O)C2CC(=O)N(c3cccc(Cl)c3)C2)c1. The van der Waals surface area contributed by atoms with Crippen molar-refractivity contribution >= 4 is 46.5 Å². The van der Waals surface area contributed by atoms with Crippen molar-refractivity contribution in [2.75, 3.05) is 22.1 Å². The molecule has 29 heavy (non-hydrogen) atoms. The van der Waals surface area contributed by atoms with Crippen molar-refractivity contribution in [3.63, 3.8) is 0 Å². The second-order valence-corrected chi connectivity index (χ2v) is 7.64. The lowest BCUT2D eigenvalue weighted by Gasteiger charge is -2.17. The molecule has 0 spiro atoms. The average Bonchev–Trinajstić information content (AvgIpc) is 3.03. The Hall–Kier alpha value is -3.06. The Morgan fingerprint density at radius 1 is 1.07 bits per heavy atom. The van der Waals surface area contributed by atoms with Gasteiger partial charge in [0.2, 0.25) is 11.8 Å². The van der Waals surface area contributed by atoms with Crippen molar-refractivity contribution < 1.29 is 14.4 Å². The van der Waals surface area contributed by atoms with E-state index in [0.717, 1.165) is 0 Å². The van der Waals surface area contributed by atoms with Gasteiger partial charge in [-0.15, -0.1) is 0 Å². The second-order valence-electron chi connectivity index (χ2n) is 7.21. The van der Waals surface area contributed by atoms with Crippen LogP contribution in [0.25, 0.3) is 0 Å². The fourth-order valence-electron chi connectivity index (χ4n) is 3.13. The van der Waals surface area contributed by atoms with E-state index in [0.29, 0.717) is 28.6 Å². The summed E-state index contributed by atoms with van der Waals surface area (Å²) in [5.41, 5.74) is 1.79. The molecule has 3 N–H and O–H groups in total. The fourth-order valence-corrected chi connectivity index (χ4v) is 3.31. The predicted molar refractivity (Wildman–Crippen MR) is 114 cm³/mol. The minimum absolute atomic E-state index is 0.0141. The van der Waals surface area contributed by atoms with Crippen LogP contribution in [0.15, 0.2) is 48.5 Å². The van der Waals surface area contributed by atoms with Gasteiger partial charge in [0.05, 0.1) is 5.92 Å². The third-order valence-electron chi connectivity index (χ3n) is 4.42. The van der Waals surface area contributed by atoms with Crippen LogP contribution in [0.5, 0.6) is 0 Å². The van der Waals surface area contributed by atoms with Crippen molar-refractivity contribution in [2.24, 2.45) is 5.92 Å². The largest absolute Gasteiger partial charge is 0.336 e. The van der Waals surface area contributed by atoms with Crippen molar-refractivity contribution in [3.8, 4) is 0 Å². The topological polar surface area (TPSA) is 90.5 Å². The predicted octanol–water partition coefficient (Wildman–Crippen LogP) is 3.86. The van der Waals surface area contributed by atoms with Gasteiger partial charge in [0, 0.05) is 41.1 Å². The number of rotatable bonds is 5. The van der Waals surface area contributed by atoms with Gasteiger partial charge in [-0.05, 0) is 50.2 Å². The number of urea groups is 1. The number of anilines is 3. The summed E-state index contributed by atoms with van der Waals surface area (Å²) < 4.78 is 0. The van der Waals surface area contributed by atoms with E-state index in [9.17, 15) is 14.4 Å². The molecule has 1 saturated heterocycles. The normalized spacial score (nSPS) is 16.1. The summed E-state index contributed by atoms with van der Waals surface area (Å²) in [5.74, 6) is -0.831. The molecule has 0 aromatic heterocycles. The molecular weight excluding hydrogens is 392 g/mol. The Morgan fingerprint density at radius 3 is 2.45 bits per heavy atom. The van der Waals surface area contributed by atoms with Crippen LogP contribution in [0.3, 0.4) is 0 Å². The number of nitrogens with one attached hydrogen (secondary N) is 3. The van der Waals surface area contributed by atoms with Crippen LogP contribution < -0.4 is 20.9 Å². The van der Waals surface area contributed by atoms with Crippen LogP contribution in [0, 0.1) is 5.92 Å². The Morgan fingerprint density at radius 2 is 1.76 bits per heavy atom. The number of hydrogen-bond donors (Lipinski definition) is 3. The van der Waals surface area contributed by atoms with Crippen LogP contribution in [0.2, 0.25) is 5.02 Å². The number of benzene rings is 2. The van der Waals surface area contributed by atoms with Gasteiger partial charge < -0.3 is 20.9 Å². The Bertz CT molecular complexity index is 932. The minimum atomic E-state index is -0.470. The van der Waals surface area contributed by atoms with E-state index in [4.69, 9.17) is 11.6 Å². The average molecular weight is 415 g/mol. The molecule has 0 aliphatic carbocycles. The van der Waals surface area contributed by atoms with E-state index in [2.05, 4.69) is 16.0 Å². The highest BCUT2D eigenvalue weighted by Gasteiger charge is 2.35. The van der Waals surface area contributed by atoms with Gasteiger partial charge in [-0.2, -0.15) is 0 Å². The molecule has 1 aliphatic rings. The first kappa shape index (κ1) is 20.7. The van der Waals surface area contributed by atoms with Gasteiger partial charge in [0.1, 0.15) is 0 Å². The zero-order valence-corrected chi connectivity index (χ0v) is 17.0. The zero-order valence-electron chi connectivity index (χ0n) is 16.2. The van der Waals surface area contributed by atoms with Gasteiger partial charge in [-0.25, -0.2) is 4.79 Å². The van der Waals surface area contributed by atoms with Gasteiger partial charge in [0.25, 0.3) is 0 Å². The number of hydrogen-bond acceptors (Lipinski definition) is 3. The van der Waals surface area contributed by atoms with E-state index in [1.807, 2.05) is 13.8 Å². The van der Waals surface area contributed by atoms with Crippen molar-refractivity contribution in [1.82, 2.24) is 5.32 Å². The highest BCUT2D eigenvalue weighted by atomic mass is 35.5. The van der Waals surface area contributed by atoms with Crippen molar-refractivity contribution in [2.45, 2.75) is 26.3 Å². The molecule has 2 aromatic carbocycles. The fraction of sp³-hybridized carbons (Fsp3) is 0.286. The van der Waals surface area contributed by atoms with Crippen LogP contribution in [-0.4, -0.2) is 30.4 Å². The van der Waals surface area contributed by atoms with Gasteiger partial charge in [-0.3, -0.25) is 9.59 Å². The number of carbonyl (C=O) groups excluding carboxylic acids is 3. The van der Waals surface area contributed by atoms with Crippen LogP contribution >= 0.6 is 11.6 Å². The molecule has 7 nitrogen and oxygen atoms in total. The number of carbonyl (C=O) groups is 3. The molecule has 3 rings (SSSR count). The summed E-state index contributed by atoms with van der Waals surface area (Å²) in [6.07, 6.45) is 0.132. The first-order valence-electron chi connectivity index (χ1n) is 9.36. The highest BCUT2D eigenvalue weighted by Crippen LogP contribution is 2.28. The van der Waals surface area contributed by atoms with Crippen molar-refractivity contribution in [1.29, 1.82) is 0 Å². The number of halogens is 1. The molecule has 152 valence electrons. The summed E-state index contributed by atoms with van der Waals surface area (Å²) in [6, 6.07) is 13.6. The third kappa shape index (κ3) is 5.48. The summed E-state index contributed by atoms with van der Waals surface area (Å²) in [7, 11) is 0. The van der Waals surface area contributed by atoms with E-state index in [1.54, 1.807) is 53.4 Å². The zero-order chi connectivity index (χ0) is 21.0. The van der Waals surface area contributed by atoms with Gasteiger partial charge >= 0.3 is 6.03 Å². The smallest absolute Gasteiger partial charge is 0.319 e. The molecular formula is C21H23ClN4O3. The maximum absolute atomic E-state index is 12.7. The first-order chi connectivity index (χ1) is 13.8. The highest BCUT2D eigenvalue weighted by molar-refractivity contribution is 6.31. The van der Waals surface area contributed by atoms with E-state index in [1.165, 1.54) is 0 Å². The first-order valence-corrected chi connectivity index (χ1v) is 9.74. The molecule has 1 unspecified atom stereocenters. The van der Waals surface area contributed by atoms with Crippen LogP contribution in [0.1, 0.15) is 20.3 Å². The van der Waals surface area contributed by atoms with Crippen LogP contribution in [-0.2, 0) is 9.59 Å². The molecule has 1 atom stereocenters. The summed E-state index contributed by atoms with van der Waals surface area (Å²) in [6.45, 7) is 4.03. The Kier molecular flexibility index (Phi) is 6.39. The lowest BCUT2D eigenvalue weighted by Crippen LogP contribution is -2.34. The summed E-state index contributed by atoms with van der Waals surface area (Å²) in [4.78, 5) is 38.4. The lowest BCUT2D eigenvalue weighted by molar-refractivity contribution is -0.122. The minimum Gasteiger partial charge on any atom is -0.336 e. The lowest BCUT2D eigenvalue weighted by atomic mass is 10.1. The molecule has 0 bridgehead atoms. The molecule has 1 aliphatic heterocycles. The maximum Gasteiger partial charge on any atom is 0.319 e. The number of nitrogens with zero attached hydrogens (tertiary/aromatic N) is 1. The quantitative estimate of drug-likeness (QED) is 0.693. The Labute approximate surface area is 174 Å². The van der Waals surface area contributed by atoms with Crippen LogP contribution in [0.4, 0.5) is 21.9 Å². The van der Waals surface area contributed by atoms with E-state index in [-0.39, 0.29) is 30.3 Å². The standard InChI is InChI=1S/C21H23ClN4O3/c1-13(2)23-21(29)25-17-7-4-6-16(11-17)24-20(28)14-9-19(27)26(12-14)18-8-3-5-15(22)10-18/h3-8,10-11,13-14H,9,12H2,1-2H3,(H,24,28)(H2,23,25,29). The molecule has 1 fully saturated rings. The molecule has 2 aromatic rings. The molecule has 4 amide bonds. The number of amides is 4. The van der Waals surface area contributed by atoms with Crippen molar-refractivity contribution in [3.05, 3.63) is 53.6 Å². The van der Waals surface area contributed by atoms with Gasteiger partial charge in [-0.1, -0.05) is 23.7 Å². The molecule has 0 saturated carbocycles. The third-order valence-corrected chi connectivity index (χ3v) is 4.66. The van der Waals surface area contributed by atoms with E-state index >= 15 is 0 Å². The molecule has 0 radical (unpaired) electrons. The Balaban J connectivity index is 1.63. The van der Waals surface area contributed by atoms with E-state index < -0.39 is 5.92 Å². The summed E-state index contributed by atoms with van der Waals surface area (Å²) in [5, 5.41) is 8.82. The molecule has 1 heterocycles. The second kappa shape index (κ2) is 8.96.